The molecule has 5 nitrogen and oxygen atoms in total. The number of fused-ring (bicyclic) bond motifs is 1. The van der Waals surface area contributed by atoms with Crippen molar-refractivity contribution in [1.82, 2.24) is 10.3 Å². The van der Waals surface area contributed by atoms with Gasteiger partial charge in [-0.2, -0.15) is 0 Å². The summed E-state index contributed by atoms with van der Waals surface area (Å²) in [5.74, 6) is -0.111. The van der Waals surface area contributed by atoms with E-state index >= 15 is 0 Å². The van der Waals surface area contributed by atoms with Gasteiger partial charge in [-0.15, -0.1) is 11.3 Å². The van der Waals surface area contributed by atoms with Crippen LogP contribution >= 0.6 is 11.3 Å². The van der Waals surface area contributed by atoms with Crippen LogP contribution in [0.15, 0.2) is 42.5 Å². The quantitative estimate of drug-likeness (QED) is 0.677. The minimum Gasteiger partial charge on any atom is -0.392 e. The Hall–Kier alpha value is -2.28. The highest BCUT2D eigenvalue weighted by Gasteiger charge is 2.27. The summed E-state index contributed by atoms with van der Waals surface area (Å²) in [5, 5.41) is 16.4. The van der Waals surface area contributed by atoms with E-state index < -0.39 is 6.10 Å². The van der Waals surface area contributed by atoms with Gasteiger partial charge in [-0.1, -0.05) is 6.07 Å². The molecule has 1 aliphatic heterocycles. The van der Waals surface area contributed by atoms with Gasteiger partial charge in [0.05, 0.1) is 22.4 Å². The summed E-state index contributed by atoms with van der Waals surface area (Å²) in [5.41, 5.74) is 4.01. The zero-order valence-corrected chi connectivity index (χ0v) is 14.6. The second-order valence-electron chi connectivity index (χ2n) is 6.41. The van der Waals surface area contributed by atoms with Crippen LogP contribution in [-0.4, -0.2) is 34.7 Å². The standard InChI is InChI=1S/C19H19N3O2S/c1-11-2-7-15-17(8-11)25-19(22-15)12-3-5-13(6-4-12)21-18(24)16-9-14(23)10-20-16/h2-8,14,16,20,23H,9-10H2,1H3,(H,21,24). The number of carbonyl (C=O) groups is 1. The summed E-state index contributed by atoms with van der Waals surface area (Å²) in [7, 11) is 0. The molecular weight excluding hydrogens is 334 g/mol. The van der Waals surface area contributed by atoms with E-state index in [4.69, 9.17) is 0 Å². The van der Waals surface area contributed by atoms with E-state index in [-0.39, 0.29) is 11.9 Å². The lowest BCUT2D eigenvalue weighted by molar-refractivity contribution is -0.117. The number of hydrogen-bond donors (Lipinski definition) is 3. The Kier molecular flexibility index (Phi) is 4.25. The predicted octanol–water partition coefficient (Wildman–Crippen LogP) is 2.93. The third kappa shape index (κ3) is 3.42. The molecule has 25 heavy (non-hydrogen) atoms. The van der Waals surface area contributed by atoms with Gasteiger partial charge in [0.15, 0.2) is 0 Å². The lowest BCUT2D eigenvalue weighted by Crippen LogP contribution is -2.35. The van der Waals surface area contributed by atoms with Crippen LogP contribution < -0.4 is 10.6 Å². The molecule has 1 aliphatic rings. The molecule has 2 heterocycles. The monoisotopic (exact) mass is 353 g/mol. The number of rotatable bonds is 3. The van der Waals surface area contributed by atoms with Gasteiger partial charge < -0.3 is 15.7 Å². The number of thiazole rings is 1. The Balaban J connectivity index is 1.50. The van der Waals surface area contributed by atoms with Crippen molar-refractivity contribution in [3.05, 3.63) is 48.0 Å². The Labute approximate surface area is 149 Å². The first kappa shape index (κ1) is 16.2. The molecule has 128 valence electrons. The van der Waals surface area contributed by atoms with Crippen LogP contribution in [0.5, 0.6) is 0 Å². The van der Waals surface area contributed by atoms with Crippen molar-refractivity contribution in [2.75, 3.05) is 11.9 Å². The molecule has 4 rings (SSSR count). The number of hydrogen-bond acceptors (Lipinski definition) is 5. The van der Waals surface area contributed by atoms with E-state index in [9.17, 15) is 9.90 Å². The fourth-order valence-electron chi connectivity index (χ4n) is 3.00. The SMILES string of the molecule is Cc1ccc2nc(-c3ccc(NC(=O)C4CC(O)CN4)cc3)sc2c1. The lowest BCUT2D eigenvalue weighted by atomic mass is 10.1. The van der Waals surface area contributed by atoms with Crippen LogP contribution in [-0.2, 0) is 4.79 Å². The minimum absolute atomic E-state index is 0.111. The second kappa shape index (κ2) is 6.55. The largest absolute Gasteiger partial charge is 0.392 e. The minimum atomic E-state index is -0.444. The molecule has 1 amide bonds. The molecule has 1 aromatic heterocycles. The molecule has 0 saturated carbocycles. The van der Waals surface area contributed by atoms with Crippen molar-refractivity contribution in [1.29, 1.82) is 0 Å². The maximum Gasteiger partial charge on any atom is 0.241 e. The van der Waals surface area contributed by atoms with E-state index in [1.807, 2.05) is 30.3 Å². The number of aliphatic hydroxyl groups is 1. The number of aromatic nitrogens is 1. The average Bonchev–Trinajstić information content (AvgIpc) is 3.21. The number of carbonyl (C=O) groups excluding carboxylic acids is 1. The number of amides is 1. The topological polar surface area (TPSA) is 74.2 Å². The van der Waals surface area contributed by atoms with Crippen molar-refractivity contribution >= 4 is 33.1 Å². The first-order chi connectivity index (χ1) is 12.1. The van der Waals surface area contributed by atoms with E-state index in [1.165, 1.54) is 10.3 Å². The van der Waals surface area contributed by atoms with Crippen LogP contribution in [0.25, 0.3) is 20.8 Å². The highest BCUT2D eigenvalue weighted by Crippen LogP contribution is 2.31. The van der Waals surface area contributed by atoms with E-state index in [0.29, 0.717) is 13.0 Å². The van der Waals surface area contributed by atoms with Crippen LogP contribution in [0.3, 0.4) is 0 Å². The zero-order valence-electron chi connectivity index (χ0n) is 13.8. The Morgan fingerprint density at radius 2 is 2.08 bits per heavy atom. The zero-order chi connectivity index (χ0) is 17.4. The van der Waals surface area contributed by atoms with Crippen LogP contribution in [0.4, 0.5) is 5.69 Å². The van der Waals surface area contributed by atoms with Gasteiger partial charge in [-0.05, 0) is 55.3 Å². The van der Waals surface area contributed by atoms with Gasteiger partial charge in [0.1, 0.15) is 5.01 Å². The highest BCUT2D eigenvalue weighted by atomic mass is 32.1. The first-order valence-corrected chi connectivity index (χ1v) is 9.10. The van der Waals surface area contributed by atoms with Gasteiger partial charge in [0, 0.05) is 17.8 Å². The number of nitrogens with zero attached hydrogens (tertiary/aromatic N) is 1. The molecule has 1 saturated heterocycles. The number of benzene rings is 2. The molecule has 3 N–H and O–H groups in total. The smallest absolute Gasteiger partial charge is 0.241 e. The van der Waals surface area contributed by atoms with E-state index in [2.05, 4.69) is 34.7 Å². The molecule has 3 aromatic rings. The number of aliphatic hydroxyl groups excluding tert-OH is 1. The van der Waals surface area contributed by atoms with Gasteiger partial charge in [0.25, 0.3) is 0 Å². The number of anilines is 1. The van der Waals surface area contributed by atoms with E-state index in [0.717, 1.165) is 21.8 Å². The van der Waals surface area contributed by atoms with E-state index in [1.54, 1.807) is 11.3 Å². The molecular formula is C19H19N3O2S. The first-order valence-electron chi connectivity index (χ1n) is 8.28. The van der Waals surface area contributed by atoms with Crippen molar-refractivity contribution in [3.8, 4) is 10.6 Å². The summed E-state index contributed by atoms with van der Waals surface area (Å²) in [6.45, 7) is 2.54. The summed E-state index contributed by atoms with van der Waals surface area (Å²) >= 11 is 1.67. The Morgan fingerprint density at radius 3 is 2.80 bits per heavy atom. The summed E-state index contributed by atoms with van der Waals surface area (Å²) in [6, 6.07) is 13.6. The molecule has 0 aliphatic carbocycles. The number of aryl methyl sites for hydroxylation is 1. The normalized spacial score (nSPS) is 20.1. The third-order valence-electron chi connectivity index (χ3n) is 4.37. The van der Waals surface area contributed by atoms with Crippen molar-refractivity contribution < 1.29 is 9.90 Å². The highest BCUT2D eigenvalue weighted by molar-refractivity contribution is 7.21. The Morgan fingerprint density at radius 1 is 1.28 bits per heavy atom. The summed E-state index contributed by atoms with van der Waals surface area (Å²) in [4.78, 5) is 16.8. The fourth-order valence-corrected chi connectivity index (χ4v) is 4.07. The fraction of sp³-hybridized carbons (Fsp3) is 0.263. The van der Waals surface area contributed by atoms with Crippen molar-refractivity contribution in [2.45, 2.75) is 25.5 Å². The maximum absolute atomic E-state index is 12.2. The van der Waals surface area contributed by atoms with Crippen molar-refractivity contribution in [3.63, 3.8) is 0 Å². The Bertz CT molecular complexity index is 920. The molecule has 2 unspecified atom stereocenters. The van der Waals surface area contributed by atoms with Crippen LogP contribution in [0.1, 0.15) is 12.0 Å². The molecule has 0 spiro atoms. The third-order valence-corrected chi connectivity index (χ3v) is 5.43. The summed E-state index contributed by atoms with van der Waals surface area (Å²) < 4.78 is 1.18. The molecule has 0 radical (unpaired) electrons. The second-order valence-corrected chi connectivity index (χ2v) is 7.44. The molecule has 2 aromatic carbocycles. The summed E-state index contributed by atoms with van der Waals surface area (Å²) in [6.07, 6.45) is 0.00971. The predicted molar refractivity (Wildman–Crippen MR) is 101 cm³/mol. The average molecular weight is 353 g/mol. The van der Waals surface area contributed by atoms with Gasteiger partial charge in [0.2, 0.25) is 5.91 Å². The van der Waals surface area contributed by atoms with Gasteiger partial charge >= 0.3 is 0 Å². The van der Waals surface area contributed by atoms with Gasteiger partial charge in [-0.3, -0.25) is 4.79 Å². The number of nitrogens with one attached hydrogen (secondary N) is 2. The van der Waals surface area contributed by atoms with Gasteiger partial charge in [-0.25, -0.2) is 4.98 Å². The molecule has 1 fully saturated rings. The number of β-amino-alcohol motifs (C(OH)–C–C–N with tert-alkyl or cyclic N) is 1. The van der Waals surface area contributed by atoms with Crippen LogP contribution in [0, 0.1) is 6.92 Å². The van der Waals surface area contributed by atoms with Crippen LogP contribution in [0.2, 0.25) is 0 Å². The maximum atomic E-state index is 12.2. The molecule has 0 bridgehead atoms. The lowest BCUT2D eigenvalue weighted by Gasteiger charge is -2.11. The molecule has 6 heteroatoms. The molecule has 2 atom stereocenters. The van der Waals surface area contributed by atoms with Crippen molar-refractivity contribution in [2.24, 2.45) is 0 Å².